The third-order valence-corrected chi connectivity index (χ3v) is 5.20. The zero-order valence-electron chi connectivity index (χ0n) is 12.4. The van der Waals surface area contributed by atoms with Crippen molar-refractivity contribution in [3.05, 3.63) is 34.3 Å². The number of hydrogen-bond acceptors (Lipinski definition) is 4. The van der Waals surface area contributed by atoms with Crippen LogP contribution in [-0.2, 0) is 4.79 Å². The van der Waals surface area contributed by atoms with Gasteiger partial charge in [0.1, 0.15) is 0 Å². The topological polar surface area (TPSA) is 55.1 Å². The van der Waals surface area contributed by atoms with E-state index in [1.54, 1.807) is 11.3 Å². The molecule has 0 saturated heterocycles. The molecule has 1 unspecified atom stereocenters. The quantitative estimate of drug-likeness (QED) is 0.774. The minimum absolute atomic E-state index is 0.0371. The number of aromatic nitrogens is 2. The summed E-state index contributed by atoms with van der Waals surface area (Å²) in [5.41, 5.74) is 1.16. The van der Waals surface area contributed by atoms with Crippen molar-refractivity contribution in [2.45, 2.75) is 44.3 Å². The van der Waals surface area contributed by atoms with Crippen LogP contribution in [0.2, 0.25) is 0 Å². The van der Waals surface area contributed by atoms with Gasteiger partial charge in [0.25, 0.3) is 0 Å². The number of carboxylic acids is 1. The van der Waals surface area contributed by atoms with Crippen LogP contribution in [0.4, 0.5) is 0 Å². The van der Waals surface area contributed by atoms with Crippen molar-refractivity contribution in [3.8, 4) is 0 Å². The molecule has 1 atom stereocenters. The van der Waals surface area contributed by atoms with Gasteiger partial charge in [-0.1, -0.05) is 38.6 Å². The van der Waals surface area contributed by atoms with E-state index in [1.165, 1.54) is 16.6 Å². The third kappa shape index (κ3) is 3.68. The van der Waals surface area contributed by atoms with Gasteiger partial charge in [0, 0.05) is 16.8 Å². The molecule has 2 rings (SSSR count). The Morgan fingerprint density at radius 1 is 1.52 bits per heavy atom. The largest absolute Gasteiger partial charge is 0.481 e. The van der Waals surface area contributed by atoms with E-state index in [0.29, 0.717) is 5.92 Å². The Bertz CT molecular complexity index is 591. The van der Waals surface area contributed by atoms with E-state index in [0.717, 1.165) is 17.3 Å². The second-order valence-electron chi connectivity index (χ2n) is 5.11. The fourth-order valence-corrected chi connectivity index (χ4v) is 3.97. The first-order valence-electron chi connectivity index (χ1n) is 6.99. The fraction of sp³-hybridized carbons (Fsp3) is 0.467. The first-order valence-corrected chi connectivity index (χ1v) is 8.86. The zero-order valence-corrected chi connectivity index (χ0v) is 14.1. The van der Waals surface area contributed by atoms with Crippen LogP contribution >= 0.6 is 23.1 Å². The van der Waals surface area contributed by atoms with Crippen LogP contribution in [0.1, 0.15) is 49.7 Å². The van der Waals surface area contributed by atoms with Gasteiger partial charge in [-0.2, -0.15) is 0 Å². The fourth-order valence-electron chi connectivity index (χ4n) is 2.32. The van der Waals surface area contributed by atoms with E-state index >= 15 is 0 Å². The van der Waals surface area contributed by atoms with Crippen molar-refractivity contribution in [1.82, 2.24) is 9.55 Å². The minimum Gasteiger partial charge on any atom is -0.481 e. The molecule has 2 aromatic heterocycles. The smallest absolute Gasteiger partial charge is 0.313 e. The Hall–Kier alpha value is -1.27. The number of hydrogen-bond donors (Lipinski definition) is 1. The summed E-state index contributed by atoms with van der Waals surface area (Å²) in [6.45, 7) is 6.43. The molecule has 0 aliphatic rings. The van der Waals surface area contributed by atoms with E-state index in [1.807, 2.05) is 6.20 Å². The summed E-state index contributed by atoms with van der Waals surface area (Å²) < 4.78 is 2.21. The summed E-state index contributed by atoms with van der Waals surface area (Å²) in [5, 5.41) is 11.8. The maximum Gasteiger partial charge on any atom is 0.313 e. The van der Waals surface area contributed by atoms with E-state index in [2.05, 4.69) is 47.8 Å². The van der Waals surface area contributed by atoms with Crippen molar-refractivity contribution in [2.75, 3.05) is 5.75 Å². The van der Waals surface area contributed by atoms with Gasteiger partial charge >= 0.3 is 5.97 Å². The number of aliphatic carboxylic acids is 1. The second kappa shape index (κ2) is 7.13. The number of thiophene rings is 1. The van der Waals surface area contributed by atoms with Crippen molar-refractivity contribution in [3.63, 3.8) is 0 Å². The molecule has 2 aromatic rings. The molecule has 2 heterocycles. The number of thioether (sulfide) groups is 1. The molecule has 1 N–H and O–H groups in total. The molecule has 0 aliphatic heterocycles. The van der Waals surface area contributed by atoms with Crippen LogP contribution in [-0.4, -0.2) is 26.4 Å². The normalized spacial score (nSPS) is 12.8. The third-order valence-electron chi connectivity index (χ3n) is 3.28. The summed E-state index contributed by atoms with van der Waals surface area (Å²) in [4.78, 5) is 16.6. The van der Waals surface area contributed by atoms with Crippen LogP contribution in [0, 0.1) is 0 Å². The molecule has 0 spiro atoms. The van der Waals surface area contributed by atoms with Gasteiger partial charge in [-0.3, -0.25) is 4.79 Å². The lowest BCUT2D eigenvalue weighted by atomic mass is 10.1. The Kier molecular flexibility index (Phi) is 5.47. The van der Waals surface area contributed by atoms with Gasteiger partial charge in [0.15, 0.2) is 5.16 Å². The van der Waals surface area contributed by atoms with Crippen molar-refractivity contribution < 1.29 is 9.90 Å². The van der Waals surface area contributed by atoms with Gasteiger partial charge in [-0.15, -0.1) is 11.3 Å². The highest BCUT2D eigenvalue weighted by Gasteiger charge is 2.22. The lowest BCUT2D eigenvalue weighted by Crippen LogP contribution is -2.14. The SMILES string of the molecule is CCC(c1cccs1)n1c(C(C)C)cnc1SCC(=O)O. The summed E-state index contributed by atoms with van der Waals surface area (Å²) in [6, 6.07) is 4.41. The molecule has 4 nitrogen and oxygen atoms in total. The molecule has 114 valence electrons. The number of nitrogens with zero attached hydrogens (tertiary/aromatic N) is 2. The molecule has 21 heavy (non-hydrogen) atoms. The summed E-state index contributed by atoms with van der Waals surface area (Å²) in [6.07, 6.45) is 2.84. The zero-order chi connectivity index (χ0) is 15.4. The van der Waals surface area contributed by atoms with Gasteiger partial charge in [-0.25, -0.2) is 4.98 Å². The monoisotopic (exact) mass is 324 g/mol. The average Bonchev–Trinajstić information content (AvgIpc) is 3.07. The van der Waals surface area contributed by atoms with Crippen LogP contribution in [0.5, 0.6) is 0 Å². The first-order chi connectivity index (χ1) is 10.0. The highest BCUT2D eigenvalue weighted by molar-refractivity contribution is 7.99. The molecule has 0 amide bonds. The highest BCUT2D eigenvalue weighted by atomic mass is 32.2. The van der Waals surface area contributed by atoms with Crippen LogP contribution in [0.25, 0.3) is 0 Å². The van der Waals surface area contributed by atoms with Gasteiger partial charge in [0.2, 0.25) is 0 Å². The van der Waals surface area contributed by atoms with E-state index in [4.69, 9.17) is 5.11 Å². The van der Waals surface area contributed by atoms with Crippen LogP contribution in [0.3, 0.4) is 0 Å². The summed E-state index contributed by atoms with van der Waals surface area (Å²) >= 11 is 3.02. The number of carbonyl (C=O) groups is 1. The Labute approximate surface area is 133 Å². The van der Waals surface area contributed by atoms with Crippen molar-refractivity contribution >= 4 is 29.1 Å². The molecule has 0 aliphatic carbocycles. The predicted octanol–water partition coefficient (Wildman–Crippen LogP) is 4.24. The van der Waals surface area contributed by atoms with Gasteiger partial charge < -0.3 is 9.67 Å². The van der Waals surface area contributed by atoms with Gasteiger partial charge in [0.05, 0.1) is 11.8 Å². The first kappa shape index (κ1) is 16.1. The molecule has 0 saturated carbocycles. The standard InChI is InChI=1S/C15H20N2O2S2/c1-4-11(13-6-5-7-20-13)17-12(10(2)3)8-16-15(17)21-9-14(18)19/h5-8,10-11H,4,9H2,1-3H3,(H,18,19). The van der Waals surface area contributed by atoms with Crippen LogP contribution in [0.15, 0.2) is 28.9 Å². The van der Waals surface area contributed by atoms with Crippen molar-refractivity contribution in [1.29, 1.82) is 0 Å². The maximum absolute atomic E-state index is 10.8. The second-order valence-corrected chi connectivity index (χ2v) is 7.03. The Morgan fingerprint density at radius 3 is 2.81 bits per heavy atom. The minimum atomic E-state index is -0.815. The number of rotatable bonds is 7. The Balaban J connectivity index is 2.42. The molecule has 0 fully saturated rings. The van der Waals surface area contributed by atoms with Crippen LogP contribution < -0.4 is 0 Å². The number of imidazole rings is 1. The molecule has 0 radical (unpaired) electrons. The van der Waals surface area contributed by atoms with E-state index in [9.17, 15) is 4.79 Å². The maximum atomic E-state index is 10.8. The predicted molar refractivity (Wildman–Crippen MR) is 87.4 cm³/mol. The molecule has 0 aromatic carbocycles. The molecular weight excluding hydrogens is 304 g/mol. The van der Waals surface area contributed by atoms with E-state index < -0.39 is 5.97 Å². The van der Waals surface area contributed by atoms with E-state index in [-0.39, 0.29) is 11.8 Å². The number of carboxylic acid groups (broad SMARTS) is 1. The molecule has 0 bridgehead atoms. The highest BCUT2D eigenvalue weighted by Crippen LogP contribution is 2.34. The molecule has 6 heteroatoms. The van der Waals surface area contributed by atoms with Crippen molar-refractivity contribution in [2.24, 2.45) is 0 Å². The average molecular weight is 324 g/mol. The molecular formula is C15H20N2O2S2. The lowest BCUT2D eigenvalue weighted by Gasteiger charge is -2.22. The Morgan fingerprint density at radius 2 is 2.29 bits per heavy atom. The lowest BCUT2D eigenvalue weighted by molar-refractivity contribution is -0.133. The summed E-state index contributed by atoms with van der Waals surface area (Å²) in [5.74, 6) is -0.425. The summed E-state index contributed by atoms with van der Waals surface area (Å²) in [7, 11) is 0. The van der Waals surface area contributed by atoms with Gasteiger partial charge in [-0.05, 0) is 23.8 Å².